The molecule has 2 aromatic rings. The molecule has 0 fully saturated rings. The Labute approximate surface area is 129 Å². The molecular formula is C13H10Cl2N2O4. The Bertz CT molecular complexity index is 683. The molecule has 0 saturated carbocycles. The van der Waals surface area contributed by atoms with E-state index in [1.807, 2.05) is 0 Å². The second-order valence-corrected chi connectivity index (χ2v) is 5.17. The van der Waals surface area contributed by atoms with Crippen LogP contribution in [0.3, 0.4) is 0 Å². The van der Waals surface area contributed by atoms with Crippen LogP contribution >= 0.6 is 23.2 Å². The number of esters is 1. The summed E-state index contributed by atoms with van der Waals surface area (Å²) in [6.45, 7) is 1.16. The maximum Gasteiger partial charge on any atom is 0.427 e. The first-order valence-electron chi connectivity index (χ1n) is 5.75. The zero-order valence-corrected chi connectivity index (χ0v) is 12.3. The van der Waals surface area contributed by atoms with Gasteiger partial charge in [0.05, 0.1) is 0 Å². The molecule has 21 heavy (non-hydrogen) atoms. The third kappa shape index (κ3) is 3.24. The number of carbonyl (C=O) groups is 2. The van der Waals surface area contributed by atoms with E-state index in [2.05, 4.69) is 9.72 Å². The topological polar surface area (TPSA) is 81.4 Å². The Morgan fingerprint density at radius 2 is 2.10 bits per heavy atom. The third-order valence-electron chi connectivity index (χ3n) is 2.75. The molecule has 1 aromatic carbocycles. The van der Waals surface area contributed by atoms with Crippen molar-refractivity contribution in [2.45, 2.75) is 12.5 Å². The first-order valence-corrected chi connectivity index (χ1v) is 6.50. The standard InChI is InChI=1S/C13H10Cl2N2O4/c1-13(20,9-6-8(14)2-3-10(9)15)11(18)21-12(19)17-5-4-16-7-17/h2-7,20H,1H3. The Balaban J connectivity index is 2.24. The van der Waals surface area contributed by atoms with Gasteiger partial charge in [-0.15, -0.1) is 0 Å². The first kappa shape index (κ1) is 15.5. The Hall–Kier alpha value is -1.89. The van der Waals surface area contributed by atoms with Crippen molar-refractivity contribution < 1.29 is 19.4 Å². The highest BCUT2D eigenvalue weighted by Gasteiger charge is 2.38. The molecule has 1 unspecified atom stereocenters. The molecule has 0 aliphatic rings. The molecule has 0 aliphatic heterocycles. The van der Waals surface area contributed by atoms with Crippen molar-refractivity contribution in [1.29, 1.82) is 0 Å². The van der Waals surface area contributed by atoms with E-state index >= 15 is 0 Å². The van der Waals surface area contributed by atoms with Gasteiger partial charge in [0.15, 0.2) is 5.60 Å². The molecule has 0 amide bonds. The zero-order chi connectivity index (χ0) is 15.6. The van der Waals surface area contributed by atoms with Crippen LogP contribution < -0.4 is 0 Å². The van der Waals surface area contributed by atoms with Crippen molar-refractivity contribution in [3.63, 3.8) is 0 Å². The van der Waals surface area contributed by atoms with E-state index < -0.39 is 17.7 Å². The lowest BCUT2D eigenvalue weighted by atomic mass is 9.96. The van der Waals surface area contributed by atoms with Crippen molar-refractivity contribution >= 4 is 35.3 Å². The highest BCUT2D eigenvalue weighted by Crippen LogP contribution is 2.31. The average molecular weight is 329 g/mol. The van der Waals surface area contributed by atoms with Crippen molar-refractivity contribution in [2.24, 2.45) is 0 Å². The molecule has 2 rings (SSSR count). The number of hydrogen-bond donors (Lipinski definition) is 1. The third-order valence-corrected chi connectivity index (χ3v) is 3.31. The number of benzene rings is 1. The van der Waals surface area contributed by atoms with Crippen molar-refractivity contribution in [3.8, 4) is 0 Å². The molecule has 0 spiro atoms. The van der Waals surface area contributed by atoms with Crippen LogP contribution in [0.1, 0.15) is 12.5 Å². The van der Waals surface area contributed by atoms with Gasteiger partial charge < -0.3 is 9.84 Å². The van der Waals surface area contributed by atoms with Crippen molar-refractivity contribution in [3.05, 3.63) is 52.5 Å². The second-order valence-electron chi connectivity index (χ2n) is 4.32. The van der Waals surface area contributed by atoms with Crippen LogP contribution in [0.15, 0.2) is 36.9 Å². The number of halogens is 2. The molecular weight excluding hydrogens is 319 g/mol. The fraction of sp³-hybridized carbons (Fsp3) is 0.154. The molecule has 1 aromatic heterocycles. The molecule has 6 nitrogen and oxygen atoms in total. The Morgan fingerprint density at radius 3 is 2.71 bits per heavy atom. The maximum absolute atomic E-state index is 12.0. The Morgan fingerprint density at radius 1 is 1.38 bits per heavy atom. The average Bonchev–Trinajstić information content (AvgIpc) is 2.95. The number of hydrogen-bond acceptors (Lipinski definition) is 5. The van der Waals surface area contributed by atoms with Gasteiger partial charge in [-0.2, -0.15) is 0 Å². The fourth-order valence-electron chi connectivity index (χ4n) is 1.58. The molecule has 0 saturated heterocycles. The number of imidazole rings is 1. The summed E-state index contributed by atoms with van der Waals surface area (Å²) in [4.78, 5) is 27.3. The summed E-state index contributed by atoms with van der Waals surface area (Å²) in [5.74, 6) is -1.18. The summed E-state index contributed by atoms with van der Waals surface area (Å²) >= 11 is 11.7. The summed E-state index contributed by atoms with van der Waals surface area (Å²) in [7, 11) is 0. The van der Waals surface area contributed by atoms with E-state index in [9.17, 15) is 14.7 Å². The van der Waals surface area contributed by atoms with Crippen LogP contribution in [0.2, 0.25) is 10.0 Å². The smallest absolute Gasteiger partial charge is 0.374 e. The number of aromatic nitrogens is 2. The quantitative estimate of drug-likeness (QED) is 0.676. The van der Waals surface area contributed by atoms with E-state index in [-0.39, 0.29) is 15.6 Å². The minimum atomic E-state index is -2.13. The minimum absolute atomic E-state index is 0.0418. The van der Waals surface area contributed by atoms with Gasteiger partial charge >= 0.3 is 12.1 Å². The highest BCUT2D eigenvalue weighted by atomic mass is 35.5. The van der Waals surface area contributed by atoms with Crippen molar-refractivity contribution in [1.82, 2.24) is 9.55 Å². The van der Waals surface area contributed by atoms with E-state index in [0.717, 1.165) is 17.8 Å². The molecule has 0 radical (unpaired) electrons. The molecule has 0 aliphatic carbocycles. The SMILES string of the molecule is CC(O)(C(=O)OC(=O)n1ccnc1)c1cc(Cl)ccc1Cl. The van der Waals surface area contributed by atoms with E-state index in [4.69, 9.17) is 23.2 Å². The van der Waals surface area contributed by atoms with Gasteiger partial charge in [-0.1, -0.05) is 23.2 Å². The van der Waals surface area contributed by atoms with Gasteiger partial charge in [0.1, 0.15) is 6.33 Å². The van der Waals surface area contributed by atoms with E-state index in [1.54, 1.807) is 0 Å². The summed E-state index contributed by atoms with van der Waals surface area (Å²) in [5, 5.41) is 10.7. The van der Waals surface area contributed by atoms with Crippen LogP contribution in [0.25, 0.3) is 0 Å². The lowest BCUT2D eigenvalue weighted by molar-refractivity contribution is -0.157. The number of aliphatic hydroxyl groups is 1. The second kappa shape index (κ2) is 5.85. The van der Waals surface area contributed by atoms with Gasteiger partial charge in [0.2, 0.25) is 0 Å². The summed E-state index contributed by atoms with van der Waals surface area (Å²) in [6.07, 6.45) is 2.82. The molecule has 1 N–H and O–H groups in total. The normalized spacial score (nSPS) is 13.5. The van der Waals surface area contributed by atoms with Crippen LogP contribution in [-0.2, 0) is 15.1 Å². The summed E-state index contributed by atoms with van der Waals surface area (Å²) in [6, 6.07) is 4.26. The zero-order valence-electron chi connectivity index (χ0n) is 10.8. The van der Waals surface area contributed by atoms with Crippen LogP contribution in [-0.4, -0.2) is 26.7 Å². The maximum atomic E-state index is 12.0. The number of rotatable bonds is 2. The van der Waals surface area contributed by atoms with Gasteiger partial charge in [-0.05, 0) is 25.1 Å². The minimum Gasteiger partial charge on any atom is -0.374 e. The fourth-order valence-corrected chi connectivity index (χ4v) is 2.05. The predicted octanol–water partition coefficient (Wildman–Crippen LogP) is 2.61. The molecule has 1 atom stereocenters. The van der Waals surface area contributed by atoms with Crippen molar-refractivity contribution in [2.75, 3.05) is 0 Å². The largest absolute Gasteiger partial charge is 0.427 e. The van der Waals surface area contributed by atoms with Gasteiger partial charge in [0.25, 0.3) is 0 Å². The highest BCUT2D eigenvalue weighted by molar-refractivity contribution is 6.33. The van der Waals surface area contributed by atoms with Crippen LogP contribution in [0.5, 0.6) is 0 Å². The van der Waals surface area contributed by atoms with Crippen LogP contribution in [0.4, 0.5) is 4.79 Å². The monoisotopic (exact) mass is 328 g/mol. The number of ether oxygens (including phenoxy) is 1. The van der Waals surface area contributed by atoms with Crippen LogP contribution in [0, 0.1) is 0 Å². The summed E-state index contributed by atoms with van der Waals surface area (Å²) < 4.78 is 5.55. The van der Waals surface area contributed by atoms with E-state index in [0.29, 0.717) is 0 Å². The summed E-state index contributed by atoms with van der Waals surface area (Å²) in [5.41, 5.74) is -2.09. The lowest BCUT2D eigenvalue weighted by Crippen LogP contribution is -2.36. The van der Waals surface area contributed by atoms with E-state index in [1.165, 1.54) is 30.6 Å². The van der Waals surface area contributed by atoms with Gasteiger partial charge in [0, 0.05) is 28.0 Å². The predicted molar refractivity (Wildman–Crippen MR) is 75.1 cm³/mol. The molecule has 8 heteroatoms. The first-order chi connectivity index (χ1) is 9.82. The number of carbonyl (C=O) groups excluding carboxylic acids is 2. The molecule has 1 heterocycles. The molecule has 0 bridgehead atoms. The lowest BCUT2D eigenvalue weighted by Gasteiger charge is -2.22. The van der Waals surface area contributed by atoms with Gasteiger partial charge in [-0.25, -0.2) is 19.1 Å². The molecule has 110 valence electrons. The Kier molecular flexibility index (Phi) is 4.32. The number of nitrogens with zero attached hydrogens (tertiary/aromatic N) is 2. The van der Waals surface area contributed by atoms with Gasteiger partial charge in [-0.3, -0.25) is 0 Å².